The summed E-state index contributed by atoms with van der Waals surface area (Å²) in [6.45, 7) is 7.85. The number of rotatable bonds is 5. The first-order chi connectivity index (χ1) is 11.4. The number of likely N-dealkylation sites (tertiary alicyclic amines) is 1. The molecule has 1 aliphatic rings. The highest BCUT2D eigenvalue weighted by Crippen LogP contribution is 2.19. The second-order valence-corrected chi connectivity index (χ2v) is 6.95. The topological polar surface area (TPSA) is 75.4 Å². The predicted octanol–water partition coefficient (Wildman–Crippen LogP) is 3.29. The van der Waals surface area contributed by atoms with E-state index >= 15 is 0 Å². The molecule has 1 aromatic rings. The van der Waals surface area contributed by atoms with Gasteiger partial charge >= 0.3 is 0 Å². The lowest BCUT2D eigenvalue weighted by Crippen LogP contribution is -2.40. The van der Waals surface area contributed by atoms with Gasteiger partial charge in [0, 0.05) is 24.3 Å². The van der Waals surface area contributed by atoms with Gasteiger partial charge in [0.25, 0.3) is 5.91 Å². The Kier molecular flexibility index (Phi) is 8.39. The number of halogens is 1. The van der Waals surface area contributed by atoms with Crippen molar-refractivity contribution in [3.05, 3.63) is 29.8 Å². The SMILES string of the molecule is CCC(C)C(N)C(=O)Nc1ccc(C(=O)N2CCC(C)CC2)cc1.Cl. The fraction of sp³-hybridized carbons (Fsp3) is 0.579. The van der Waals surface area contributed by atoms with Gasteiger partial charge in [0.2, 0.25) is 5.91 Å². The quantitative estimate of drug-likeness (QED) is 0.838. The largest absolute Gasteiger partial charge is 0.339 e. The fourth-order valence-electron chi connectivity index (χ4n) is 2.83. The molecule has 1 fully saturated rings. The van der Waals surface area contributed by atoms with Crippen molar-refractivity contribution in [3.63, 3.8) is 0 Å². The molecule has 0 bridgehead atoms. The molecule has 0 aliphatic carbocycles. The Morgan fingerprint density at radius 3 is 2.32 bits per heavy atom. The number of piperidine rings is 1. The van der Waals surface area contributed by atoms with Gasteiger partial charge in [-0.2, -0.15) is 0 Å². The number of carbonyl (C=O) groups is 2. The van der Waals surface area contributed by atoms with Crippen molar-refractivity contribution < 1.29 is 9.59 Å². The lowest BCUT2D eigenvalue weighted by atomic mass is 9.98. The van der Waals surface area contributed by atoms with Crippen molar-refractivity contribution in [1.29, 1.82) is 0 Å². The van der Waals surface area contributed by atoms with Crippen molar-refractivity contribution in [2.45, 2.75) is 46.1 Å². The minimum absolute atomic E-state index is 0. The molecule has 6 heteroatoms. The Labute approximate surface area is 156 Å². The summed E-state index contributed by atoms with van der Waals surface area (Å²) in [5.74, 6) is 0.707. The van der Waals surface area contributed by atoms with Crippen LogP contribution in [0, 0.1) is 11.8 Å². The Bertz CT molecular complexity index is 569. The van der Waals surface area contributed by atoms with E-state index in [1.807, 2.05) is 18.7 Å². The second-order valence-electron chi connectivity index (χ2n) is 6.95. The molecule has 3 N–H and O–H groups in total. The zero-order valence-electron chi connectivity index (χ0n) is 15.3. The molecule has 0 spiro atoms. The minimum Gasteiger partial charge on any atom is -0.339 e. The van der Waals surface area contributed by atoms with E-state index in [9.17, 15) is 9.59 Å². The number of nitrogens with one attached hydrogen (secondary N) is 1. The normalized spacial score (nSPS) is 17.4. The molecule has 2 rings (SSSR count). The molecule has 0 aromatic heterocycles. The van der Waals surface area contributed by atoms with Gasteiger partial charge in [-0.05, 0) is 48.9 Å². The molecule has 140 valence electrons. The zero-order valence-corrected chi connectivity index (χ0v) is 16.1. The second kappa shape index (κ2) is 9.78. The average molecular weight is 368 g/mol. The molecule has 1 heterocycles. The van der Waals surface area contributed by atoms with Crippen molar-refractivity contribution >= 4 is 29.9 Å². The van der Waals surface area contributed by atoms with E-state index in [0.29, 0.717) is 17.2 Å². The summed E-state index contributed by atoms with van der Waals surface area (Å²) in [5, 5.41) is 2.82. The molecule has 0 saturated carbocycles. The number of benzene rings is 1. The van der Waals surface area contributed by atoms with Crippen molar-refractivity contribution in [3.8, 4) is 0 Å². The lowest BCUT2D eigenvalue weighted by molar-refractivity contribution is -0.118. The number of nitrogens with two attached hydrogens (primary N) is 1. The molecule has 2 unspecified atom stereocenters. The van der Waals surface area contributed by atoms with Gasteiger partial charge in [-0.1, -0.05) is 27.2 Å². The smallest absolute Gasteiger partial charge is 0.253 e. The monoisotopic (exact) mass is 367 g/mol. The number of hydrogen-bond acceptors (Lipinski definition) is 3. The summed E-state index contributed by atoms with van der Waals surface area (Å²) in [7, 11) is 0. The molecule has 1 aromatic carbocycles. The predicted molar refractivity (Wildman–Crippen MR) is 104 cm³/mol. The maximum Gasteiger partial charge on any atom is 0.253 e. The number of carbonyl (C=O) groups excluding carboxylic acids is 2. The van der Waals surface area contributed by atoms with Crippen LogP contribution in [0.5, 0.6) is 0 Å². The maximum absolute atomic E-state index is 12.5. The van der Waals surface area contributed by atoms with Crippen LogP contribution >= 0.6 is 12.4 Å². The Morgan fingerprint density at radius 1 is 1.24 bits per heavy atom. The third-order valence-corrected chi connectivity index (χ3v) is 5.03. The van der Waals surface area contributed by atoms with Crippen LogP contribution in [-0.2, 0) is 4.79 Å². The summed E-state index contributed by atoms with van der Waals surface area (Å²) >= 11 is 0. The van der Waals surface area contributed by atoms with E-state index in [-0.39, 0.29) is 30.1 Å². The highest BCUT2D eigenvalue weighted by Gasteiger charge is 2.22. The van der Waals surface area contributed by atoms with Gasteiger partial charge in [-0.15, -0.1) is 12.4 Å². The van der Waals surface area contributed by atoms with Crippen LogP contribution in [0.1, 0.15) is 50.4 Å². The molecule has 5 nitrogen and oxygen atoms in total. The summed E-state index contributed by atoms with van der Waals surface area (Å²) in [5.41, 5.74) is 7.26. The van der Waals surface area contributed by atoms with Gasteiger partial charge in [-0.3, -0.25) is 9.59 Å². The number of hydrogen-bond donors (Lipinski definition) is 2. The van der Waals surface area contributed by atoms with Crippen LogP contribution in [0.3, 0.4) is 0 Å². The summed E-state index contributed by atoms with van der Waals surface area (Å²) in [6, 6.07) is 6.55. The van der Waals surface area contributed by atoms with Crippen LogP contribution in [0.15, 0.2) is 24.3 Å². The highest BCUT2D eigenvalue weighted by atomic mass is 35.5. The van der Waals surface area contributed by atoms with Gasteiger partial charge in [-0.25, -0.2) is 0 Å². The molecular weight excluding hydrogens is 338 g/mol. The van der Waals surface area contributed by atoms with E-state index in [4.69, 9.17) is 5.73 Å². The van der Waals surface area contributed by atoms with Crippen LogP contribution in [-0.4, -0.2) is 35.8 Å². The standard InChI is InChI=1S/C19H29N3O2.ClH/c1-4-14(3)17(20)18(23)21-16-7-5-15(6-8-16)19(24)22-11-9-13(2)10-12-22;/h5-8,13-14,17H,4,9-12,20H2,1-3H3,(H,21,23);1H. The van der Waals surface area contributed by atoms with Gasteiger partial charge in [0.05, 0.1) is 6.04 Å². The van der Waals surface area contributed by atoms with Crippen LogP contribution in [0.4, 0.5) is 5.69 Å². The van der Waals surface area contributed by atoms with Crippen molar-refractivity contribution in [2.24, 2.45) is 17.6 Å². The van der Waals surface area contributed by atoms with E-state index < -0.39 is 6.04 Å². The van der Waals surface area contributed by atoms with Crippen molar-refractivity contribution in [1.82, 2.24) is 4.90 Å². The van der Waals surface area contributed by atoms with Crippen LogP contribution < -0.4 is 11.1 Å². The highest BCUT2D eigenvalue weighted by molar-refractivity contribution is 5.97. The Morgan fingerprint density at radius 2 is 1.80 bits per heavy atom. The molecule has 25 heavy (non-hydrogen) atoms. The van der Waals surface area contributed by atoms with E-state index in [2.05, 4.69) is 12.2 Å². The van der Waals surface area contributed by atoms with Crippen LogP contribution in [0.2, 0.25) is 0 Å². The van der Waals surface area contributed by atoms with Gasteiger partial charge in [0.1, 0.15) is 0 Å². The first kappa shape index (κ1) is 21.5. The molecule has 2 atom stereocenters. The first-order valence-electron chi connectivity index (χ1n) is 8.88. The molecule has 1 aliphatic heterocycles. The number of anilines is 1. The molecule has 0 radical (unpaired) electrons. The Balaban J connectivity index is 0.00000312. The van der Waals surface area contributed by atoms with Gasteiger partial charge < -0.3 is 16.0 Å². The molecule has 2 amide bonds. The van der Waals surface area contributed by atoms with E-state index in [1.165, 1.54) is 0 Å². The molecule has 1 saturated heterocycles. The molecular formula is C19H30ClN3O2. The zero-order chi connectivity index (χ0) is 17.7. The van der Waals surface area contributed by atoms with Crippen LogP contribution in [0.25, 0.3) is 0 Å². The van der Waals surface area contributed by atoms with Crippen molar-refractivity contribution in [2.75, 3.05) is 18.4 Å². The fourth-order valence-corrected chi connectivity index (χ4v) is 2.83. The van der Waals surface area contributed by atoms with Gasteiger partial charge in [0.15, 0.2) is 0 Å². The first-order valence-corrected chi connectivity index (χ1v) is 8.88. The minimum atomic E-state index is -0.522. The Hall–Kier alpha value is -1.59. The average Bonchev–Trinajstić information content (AvgIpc) is 2.61. The third-order valence-electron chi connectivity index (χ3n) is 5.03. The van der Waals surface area contributed by atoms with E-state index in [0.717, 1.165) is 32.4 Å². The third kappa shape index (κ3) is 5.72. The number of amides is 2. The summed E-state index contributed by atoms with van der Waals surface area (Å²) in [6.07, 6.45) is 2.98. The van der Waals surface area contributed by atoms with E-state index in [1.54, 1.807) is 24.3 Å². The maximum atomic E-state index is 12.5. The number of nitrogens with zero attached hydrogens (tertiary/aromatic N) is 1. The summed E-state index contributed by atoms with van der Waals surface area (Å²) < 4.78 is 0. The summed E-state index contributed by atoms with van der Waals surface area (Å²) in [4.78, 5) is 26.5. The lowest BCUT2D eigenvalue weighted by Gasteiger charge is -2.30.